The lowest BCUT2D eigenvalue weighted by Crippen LogP contribution is -2.25. The Hall–Kier alpha value is -0.0600. The van der Waals surface area contributed by atoms with Crippen LogP contribution in [0.5, 0.6) is 0 Å². The van der Waals surface area contributed by atoms with Crippen molar-refractivity contribution in [3.05, 3.63) is 0 Å². The van der Waals surface area contributed by atoms with E-state index in [4.69, 9.17) is 9.84 Å². The monoisotopic (exact) mass is 206 g/mol. The van der Waals surface area contributed by atoms with Crippen LogP contribution >= 0.6 is 11.8 Å². The number of aliphatic hydroxyl groups is 1. The van der Waals surface area contributed by atoms with Gasteiger partial charge in [0.25, 0.3) is 0 Å². The number of aliphatic hydroxyl groups excluding tert-OH is 1. The molecule has 3 nitrogen and oxygen atoms in total. The third-order valence-electron chi connectivity index (χ3n) is 1.36. The number of hydrogen-bond acceptors (Lipinski definition) is 4. The van der Waals surface area contributed by atoms with Gasteiger partial charge in [-0.3, -0.25) is 4.79 Å². The molecular formula is C9H18O3S. The second-order valence-corrected chi connectivity index (χ2v) is 5.13. The van der Waals surface area contributed by atoms with Crippen molar-refractivity contribution in [2.24, 2.45) is 0 Å². The van der Waals surface area contributed by atoms with Gasteiger partial charge in [-0.2, -0.15) is 0 Å². The molecule has 0 saturated carbocycles. The van der Waals surface area contributed by atoms with E-state index in [1.165, 1.54) is 11.8 Å². The summed E-state index contributed by atoms with van der Waals surface area (Å²) in [4.78, 5) is 11.1. The van der Waals surface area contributed by atoms with Crippen LogP contribution in [0.1, 0.15) is 27.2 Å². The van der Waals surface area contributed by atoms with E-state index >= 15 is 0 Å². The summed E-state index contributed by atoms with van der Waals surface area (Å²) in [5, 5.41) is 8.67. The summed E-state index contributed by atoms with van der Waals surface area (Å²) in [5.74, 6) is 0. The van der Waals surface area contributed by atoms with Gasteiger partial charge in [0.1, 0.15) is 0 Å². The van der Waals surface area contributed by atoms with E-state index in [1.807, 2.05) is 20.8 Å². The summed E-state index contributed by atoms with van der Waals surface area (Å²) in [6.07, 6.45) is 0.550. The van der Waals surface area contributed by atoms with Crippen molar-refractivity contribution in [1.82, 2.24) is 0 Å². The van der Waals surface area contributed by atoms with Gasteiger partial charge in [0.2, 0.25) is 0 Å². The molecule has 0 rings (SSSR count). The maximum atomic E-state index is 11.1. The van der Waals surface area contributed by atoms with Gasteiger partial charge in [-0.25, -0.2) is 0 Å². The molecule has 0 saturated heterocycles. The zero-order valence-corrected chi connectivity index (χ0v) is 9.32. The second kappa shape index (κ2) is 6.40. The van der Waals surface area contributed by atoms with Gasteiger partial charge >= 0.3 is 0 Å². The molecule has 13 heavy (non-hydrogen) atoms. The fourth-order valence-corrected chi connectivity index (χ4v) is 1.70. The quantitative estimate of drug-likeness (QED) is 0.668. The van der Waals surface area contributed by atoms with E-state index in [0.717, 1.165) is 0 Å². The molecule has 0 heterocycles. The predicted octanol–water partition coefficient (Wildman–Crippen LogP) is 1.44. The average Bonchev–Trinajstić information content (AvgIpc) is 2.03. The van der Waals surface area contributed by atoms with Gasteiger partial charge in [-0.15, -0.1) is 0 Å². The molecule has 0 aromatic carbocycles. The van der Waals surface area contributed by atoms with Gasteiger partial charge in [-0.1, -0.05) is 18.7 Å². The maximum absolute atomic E-state index is 11.1. The highest BCUT2D eigenvalue weighted by atomic mass is 32.2. The molecule has 0 radical (unpaired) electrons. The number of hydrogen-bond donors (Lipinski definition) is 1. The third-order valence-corrected chi connectivity index (χ3v) is 2.55. The molecule has 0 spiro atoms. The Morgan fingerprint density at radius 3 is 2.62 bits per heavy atom. The number of ether oxygens (including phenoxy) is 1. The predicted molar refractivity (Wildman–Crippen MR) is 54.9 cm³/mol. The fourth-order valence-electron chi connectivity index (χ4n) is 0.792. The van der Waals surface area contributed by atoms with E-state index in [0.29, 0.717) is 19.6 Å². The van der Waals surface area contributed by atoms with Crippen molar-refractivity contribution in [1.29, 1.82) is 0 Å². The molecule has 0 aliphatic carbocycles. The zero-order valence-electron chi connectivity index (χ0n) is 8.50. The Morgan fingerprint density at radius 2 is 2.15 bits per heavy atom. The Kier molecular flexibility index (Phi) is 6.37. The highest BCUT2D eigenvalue weighted by Gasteiger charge is 2.22. The van der Waals surface area contributed by atoms with Crippen molar-refractivity contribution in [3.8, 4) is 0 Å². The van der Waals surface area contributed by atoms with Gasteiger partial charge in [0.15, 0.2) is 5.12 Å². The molecule has 0 amide bonds. The van der Waals surface area contributed by atoms with Gasteiger partial charge in [0.05, 0.1) is 19.8 Å². The molecule has 4 heteroatoms. The number of thioether (sulfide) groups is 1. The molecular weight excluding hydrogens is 188 g/mol. The zero-order chi connectivity index (χ0) is 10.3. The molecule has 0 aliphatic rings. The molecule has 1 N–H and O–H groups in total. The van der Waals surface area contributed by atoms with Crippen LogP contribution in [0.15, 0.2) is 0 Å². The van der Waals surface area contributed by atoms with Crippen LogP contribution < -0.4 is 0 Å². The van der Waals surface area contributed by atoms with Crippen LogP contribution in [-0.2, 0) is 9.53 Å². The number of carbonyl (C=O) groups excluding carboxylic acids is 1. The Balaban J connectivity index is 3.72. The topological polar surface area (TPSA) is 46.5 Å². The van der Waals surface area contributed by atoms with E-state index in [-0.39, 0.29) is 16.5 Å². The van der Waals surface area contributed by atoms with Crippen LogP contribution in [0.3, 0.4) is 0 Å². The standard InChI is InChI=1S/C9H18O3S/c1-4-8(11)13-9(2,3)7-12-6-5-10/h10H,4-7H2,1-3H3. The summed E-state index contributed by atoms with van der Waals surface area (Å²) in [7, 11) is 0. The van der Waals surface area contributed by atoms with E-state index in [2.05, 4.69) is 0 Å². The van der Waals surface area contributed by atoms with Crippen molar-refractivity contribution in [3.63, 3.8) is 0 Å². The first-order chi connectivity index (χ1) is 6.02. The van der Waals surface area contributed by atoms with Crippen molar-refractivity contribution in [2.75, 3.05) is 19.8 Å². The Labute approximate surface area is 83.9 Å². The summed E-state index contributed by atoms with van der Waals surface area (Å²) in [5.41, 5.74) is 0. The first-order valence-corrected chi connectivity index (χ1v) is 5.24. The Morgan fingerprint density at radius 1 is 1.54 bits per heavy atom. The van der Waals surface area contributed by atoms with E-state index in [9.17, 15) is 4.79 Å². The molecule has 0 fully saturated rings. The SMILES string of the molecule is CCC(=O)SC(C)(C)COCCO. The molecule has 0 unspecified atom stereocenters. The van der Waals surface area contributed by atoms with Gasteiger partial charge in [0, 0.05) is 11.2 Å². The summed E-state index contributed by atoms with van der Waals surface area (Å²) < 4.78 is 4.98. The Bertz CT molecular complexity index is 157. The number of rotatable bonds is 6. The first kappa shape index (κ1) is 12.9. The number of carbonyl (C=O) groups is 1. The highest BCUT2D eigenvalue weighted by Crippen LogP contribution is 2.26. The van der Waals surface area contributed by atoms with Crippen molar-refractivity contribution in [2.45, 2.75) is 31.9 Å². The molecule has 78 valence electrons. The minimum Gasteiger partial charge on any atom is -0.394 e. The second-order valence-electron chi connectivity index (χ2n) is 3.36. The minimum atomic E-state index is -0.192. The lowest BCUT2D eigenvalue weighted by atomic mass is 10.2. The largest absolute Gasteiger partial charge is 0.394 e. The van der Waals surface area contributed by atoms with Gasteiger partial charge < -0.3 is 9.84 Å². The highest BCUT2D eigenvalue weighted by molar-refractivity contribution is 8.14. The molecule has 0 atom stereocenters. The smallest absolute Gasteiger partial charge is 0.189 e. The molecule has 0 aromatic rings. The summed E-state index contributed by atoms with van der Waals surface area (Å²) >= 11 is 1.31. The van der Waals surface area contributed by atoms with Crippen LogP contribution in [0.25, 0.3) is 0 Å². The summed E-state index contributed by atoms with van der Waals surface area (Å²) in [6, 6.07) is 0. The fraction of sp³-hybridized carbons (Fsp3) is 0.889. The summed E-state index contributed by atoms with van der Waals surface area (Å²) in [6.45, 7) is 6.63. The first-order valence-electron chi connectivity index (χ1n) is 4.42. The maximum Gasteiger partial charge on any atom is 0.189 e. The lowest BCUT2D eigenvalue weighted by Gasteiger charge is -2.22. The average molecular weight is 206 g/mol. The normalized spacial score (nSPS) is 11.7. The van der Waals surface area contributed by atoms with Crippen LogP contribution in [0.4, 0.5) is 0 Å². The van der Waals surface area contributed by atoms with Gasteiger partial charge in [-0.05, 0) is 13.8 Å². The molecule has 0 aliphatic heterocycles. The molecule has 0 bridgehead atoms. The lowest BCUT2D eigenvalue weighted by molar-refractivity contribution is -0.110. The van der Waals surface area contributed by atoms with Crippen LogP contribution in [0.2, 0.25) is 0 Å². The van der Waals surface area contributed by atoms with Crippen molar-refractivity contribution < 1.29 is 14.6 Å². The van der Waals surface area contributed by atoms with Crippen molar-refractivity contribution >= 4 is 16.9 Å². The van der Waals surface area contributed by atoms with E-state index in [1.54, 1.807) is 0 Å². The van der Waals surface area contributed by atoms with E-state index < -0.39 is 0 Å². The van der Waals surface area contributed by atoms with Crippen LogP contribution in [0, 0.1) is 0 Å². The molecule has 0 aromatic heterocycles. The van der Waals surface area contributed by atoms with Crippen LogP contribution in [-0.4, -0.2) is 34.8 Å². The minimum absolute atomic E-state index is 0.0302. The third kappa shape index (κ3) is 7.05.